The molecular weight excluding hydrogens is 252 g/mol. The van der Waals surface area contributed by atoms with Crippen LogP contribution in [-0.2, 0) is 26.4 Å². The van der Waals surface area contributed by atoms with Gasteiger partial charge in [0.15, 0.2) is 0 Å². The second kappa shape index (κ2) is 5.88. The van der Waals surface area contributed by atoms with Gasteiger partial charge in [0.25, 0.3) is 0 Å². The number of nitrogens with zero attached hydrogens (tertiary/aromatic N) is 1. The molecule has 1 fully saturated rings. The monoisotopic (exact) mass is 270 g/mol. The van der Waals surface area contributed by atoms with Gasteiger partial charge in [0.1, 0.15) is 16.1 Å². The Morgan fingerprint density at radius 1 is 1.44 bits per heavy atom. The summed E-state index contributed by atoms with van der Waals surface area (Å²) in [5.74, 6) is 0.771. The Bertz CT molecular complexity index is 455. The van der Waals surface area contributed by atoms with Gasteiger partial charge in [0.05, 0.1) is 6.61 Å². The van der Waals surface area contributed by atoms with E-state index in [1.165, 1.54) is 0 Å². The lowest BCUT2D eigenvalue weighted by molar-refractivity contribution is -0.100. The molecule has 0 atom stereocenters. The van der Waals surface area contributed by atoms with Crippen LogP contribution in [0, 0.1) is 4.64 Å². The van der Waals surface area contributed by atoms with E-state index in [2.05, 4.69) is 9.97 Å². The number of rotatable bonds is 4. The standard InChI is InChI=1S/C12H18N2O3S/c1-15-8-9-7-10(18)14-11(13-9)12(16-2)3-5-17-6-4-12/h7H,3-6,8H2,1-2H3,(H,13,14,18). The number of ether oxygens (including phenoxy) is 3. The third kappa shape index (κ3) is 2.77. The molecule has 1 aromatic rings. The molecule has 0 saturated carbocycles. The highest BCUT2D eigenvalue weighted by Crippen LogP contribution is 2.33. The Kier molecular flexibility index (Phi) is 4.45. The van der Waals surface area contributed by atoms with Gasteiger partial charge in [-0.2, -0.15) is 0 Å². The highest BCUT2D eigenvalue weighted by atomic mass is 32.1. The molecule has 0 spiro atoms. The van der Waals surface area contributed by atoms with E-state index in [-0.39, 0.29) is 0 Å². The molecule has 0 amide bonds. The third-order valence-electron chi connectivity index (χ3n) is 3.22. The van der Waals surface area contributed by atoms with Crippen LogP contribution in [0.1, 0.15) is 24.4 Å². The summed E-state index contributed by atoms with van der Waals surface area (Å²) in [4.78, 5) is 7.67. The molecule has 2 heterocycles. The van der Waals surface area contributed by atoms with Crippen molar-refractivity contribution in [3.63, 3.8) is 0 Å². The van der Waals surface area contributed by atoms with Crippen LogP contribution in [0.3, 0.4) is 0 Å². The van der Waals surface area contributed by atoms with Crippen LogP contribution in [0.25, 0.3) is 0 Å². The minimum Gasteiger partial charge on any atom is -0.381 e. The predicted molar refractivity (Wildman–Crippen MR) is 68.9 cm³/mol. The molecule has 1 N–H and O–H groups in total. The highest BCUT2D eigenvalue weighted by Gasteiger charge is 2.37. The zero-order valence-corrected chi connectivity index (χ0v) is 11.5. The fourth-order valence-corrected chi connectivity index (χ4v) is 2.43. The fourth-order valence-electron chi connectivity index (χ4n) is 2.20. The van der Waals surface area contributed by atoms with Crippen LogP contribution < -0.4 is 0 Å². The maximum absolute atomic E-state index is 5.69. The molecule has 0 aromatic carbocycles. The Hall–Kier alpha value is -0.820. The molecule has 6 heteroatoms. The van der Waals surface area contributed by atoms with Crippen LogP contribution in [0.15, 0.2) is 6.07 Å². The normalized spacial score (nSPS) is 18.8. The molecule has 1 aromatic heterocycles. The summed E-state index contributed by atoms with van der Waals surface area (Å²) in [6, 6.07) is 1.81. The van der Waals surface area contributed by atoms with Crippen molar-refractivity contribution in [1.82, 2.24) is 9.97 Å². The molecule has 1 aliphatic heterocycles. The van der Waals surface area contributed by atoms with Gasteiger partial charge < -0.3 is 19.2 Å². The number of aromatic nitrogens is 2. The average molecular weight is 270 g/mol. The van der Waals surface area contributed by atoms with Gasteiger partial charge in [0, 0.05) is 46.0 Å². The average Bonchev–Trinajstić information content (AvgIpc) is 2.39. The van der Waals surface area contributed by atoms with Gasteiger partial charge in [-0.25, -0.2) is 4.98 Å². The van der Waals surface area contributed by atoms with Crippen LogP contribution in [0.4, 0.5) is 0 Å². The van der Waals surface area contributed by atoms with Gasteiger partial charge >= 0.3 is 0 Å². The molecule has 0 aliphatic carbocycles. The maximum Gasteiger partial charge on any atom is 0.140 e. The lowest BCUT2D eigenvalue weighted by atomic mass is 9.93. The van der Waals surface area contributed by atoms with Crippen LogP contribution in [-0.4, -0.2) is 37.4 Å². The Balaban J connectivity index is 2.38. The SMILES string of the molecule is COCc1cc(=S)nc(C2(OC)CCOCC2)[nH]1. The summed E-state index contributed by atoms with van der Waals surface area (Å²) in [7, 11) is 3.35. The summed E-state index contributed by atoms with van der Waals surface area (Å²) in [6.45, 7) is 1.82. The first kappa shape index (κ1) is 13.6. The van der Waals surface area contributed by atoms with E-state index >= 15 is 0 Å². The van der Waals surface area contributed by atoms with Gasteiger partial charge in [-0.05, 0) is 6.07 Å². The predicted octanol–water partition coefficient (Wildman–Crippen LogP) is 1.94. The van der Waals surface area contributed by atoms with Gasteiger partial charge in [-0.1, -0.05) is 12.2 Å². The Morgan fingerprint density at radius 2 is 2.17 bits per heavy atom. The molecule has 0 radical (unpaired) electrons. The third-order valence-corrected chi connectivity index (χ3v) is 3.43. The van der Waals surface area contributed by atoms with Crippen molar-refractivity contribution in [3.05, 3.63) is 22.2 Å². The van der Waals surface area contributed by atoms with Crippen molar-refractivity contribution in [2.45, 2.75) is 25.0 Å². The lowest BCUT2D eigenvalue weighted by Crippen LogP contribution is -2.37. The van der Waals surface area contributed by atoms with Crippen molar-refractivity contribution >= 4 is 12.2 Å². The van der Waals surface area contributed by atoms with E-state index < -0.39 is 5.60 Å². The molecule has 1 aliphatic rings. The quantitative estimate of drug-likeness (QED) is 0.847. The van der Waals surface area contributed by atoms with Crippen LogP contribution in [0.2, 0.25) is 0 Å². The minimum absolute atomic E-state index is 0.421. The summed E-state index contributed by atoms with van der Waals surface area (Å²) in [5, 5.41) is 0. The van der Waals surface area contributed by atoms with E-state index in [0.717, 1.165) is 24.4 Å². The molecule has 0 unspecified atom stereocenters. The van der Waals surface area contributed by atoms with E-state index in [1.807, 2.05) is 6.07 Å². The molecule has 1 saturated heterocycles. The van der Waals surface area contributed by atoms with Crippen LogP contribution >= 0.6 is 12.2 Å². The second-order valence-electron chi connectivity index (χ2n) is 4.34. The number of aromatic amines is 1. The Labute approximate surface area is 111 Å². The number of methoxy groups -OCH3 is 2. The topological polar surface area (TPSA) is 56.4 Å². The molecule has 5 nitrogen and oxygen atoms in total. The second-order valence-corrected chi connectivity index (χ2v) is 4.76. The minimum atomic E-state index is -0.421. The van der Waals surface area contributed by atoms with Crippen molar-refractivity contribution < 1.29 is 14.2 Å². The van der Waals surface area contributed by atoms with E-state index in [1.54, 1.807) is 14.2 Å². The molecule has 18 heavy (non-hydrogen) atoms. The molecular formula is C12H18N2O3S. The van der Waals surface area contributed by atoms with E-state index in [9.17, 15) is 0 Å². The smallest absolute Gasteiger partial charge is 0.140 e. The zero-order valence-electron chi connectivity index (χ0n) is 10.7. The van der Waals surface area contributed by atoms with E-state index in [4.69, 9.17) is 26.4 Å². The summed E-state index contributed by atoms with van der Waals surface area (Å²) in [5.41, 5.74) is 0.491. The van der Waals surface area contributed by atoms with Gasteiger partial charge in [-0.15, -0.1) is 0 Å². The van der Waals surface area contributed by atoms with Crippen molar-refractivity contribution in [2.24, 2.45) is 0 Å². The molecule has 100 valence electrons. The number of hydrogen-bond donors (Lipinski definition) is 1. The fraction of sp³-hybridized carbons (Fsp3) is 0.667. The lowest BCUT2D eigenvalue weighted by Gasteiger charge is -2.34. The first-order chi connectivity index (χ1) is 8.70. The van der Waals surface area contributed by atoms with Crippen molar-refractivity contribution in [1.29, 1.82) is 0 Å². The first-order valence-electron chi connectivity index (χ1n) is 5.93. The first-order valence-corrected chi connectivity index (χ1v) is 6.33. The number of H-pyrrole nitrogens is 1. The van der Waals surface area contributed by atoms with Crippen molar-refractivity contribution in [2.75, 3.05) is 27.4 Å². The number of nitrogens with one attached hydrogen (secondary N) is 1. The van der Waals surface area contributed by atoms with E-state index in [0.29, 0.717) is 24.5 Å². The summed E-state index contributed by atoms with van der Waals surface area (Å²) >= 11 is 5.19. The zero-order chi connectivity index (χ0) is 13.0. The summed E-state index contributed by atoms with van der Waals surface area (Å²) < 4.78 is 16.8. The molecule has 2 rings (SSSR count). The Morgan fingerprint density at radius 3 is 2.78 bits per heavy atom. The van der Waals surface area contributed by atoms with Gasteiger partial charge in [0.2, 0.25) is 0 Å². The van der Waals surface area contributed by atoms with Crippen molar-refractivity contribution in [3.8, 4) is 0 Å². The highest BCUT2D eigenvalue weighted by molar-refractivity contribution is 7.71. The molecule has 0 bridgehead atoms. The summed E-state index contributed by atoms with van der Waals surface area (Å²) in [6.07, 6.45) is 1.55. The largest absolute Gasteiger partial charge is 0.381 e. The number of hydrogen-bond acceptors (Lipinski definition) is 5. The maximum atomic E-state index is 5.69. The van der Waals surface area contributed by atoms with Gasteiger partial charge in [-0.3, -0.25) is 0 Å². The van der Waals surface area contributed by atoms with Crippen LogP contribution in [0.5, 0.6) is 0 Å².